The molecule has 20 heavy (non-hydrogen) atoms. The van der Waals surface area contributed by atoms with Gasteiger partial charge in [0.1, 0.15) is 0 Å². The van der Waals surface area contributed by atoms with Crippen LogP contribution in [0.1, 0.15) is 30.1 Å². The summed E-state index contributed by atoms with van der Waals surface area (Å²) in [5.41, 5.74) is 6.95. The summed E-state index contributed by atoms with van der Waals surface area (Å²) < 4.78 is 0. The van der Waals surface area contributed by atoms with Gasteiger partial charge in [0.05, 0.1) is 0 Å². The number of nitrogens with zero attached hydrogens (tertiary/aromatic N) is 1. The van der Waals surface area contributed by atoms with Crippen LogP contribution in [0.4, 0.5) is 5.69 Å². The number of nitrogen functional groups attached to an aromatic ring is 1. The van der Waals surface area contributed by atoms with Gasteiger partial charge in [0.2, 0.25) is 0 Å². The monoisotopic (exact) mass is 297 g/mol. The molecule has 4 nitrogen and oxygen atoms in total. The molecule has 1 aliphatic heterocycles. The molecule has 5 heteroatoms. The number of hydrogen-bond acceptors (Lipinski definition) is 3. The van der Waals surface area contributed by atoms with Crippen LogP contribution in [0.3, 0.4) is 0 Å². The standard InChI is InChI=1S/C15H23N3O.ClH/c1-12(11-18-8-2-3-9-18)10-17-15(19)13-4-6-14(16)7-5-13;/h4-7,12H,2-3,8-11,16H2,1H3,(H,17,19);1H. The molecule has 112 valence electrons. The van der Waals surface area contributed by atoms with Crippen LogP contribution in [0.2, 0.25) is 0 Å². The third-order valence-electron chi connectivity index (χ3n) is 3.55. The number of carbonyl (C=O) groups is 1. The number of hydrogen-bond donors (Lipinski definition) is 2. The number of rotatable bonds is 5. The summed E-state index contributed by atoms with van der Waals surface area (Å²) in [6.07, 6.45) is 2.62. The minimum absolute atomic E-state index is 0. The van der Waals surface area contributed by atoms with E-state index in [1.807, 2.05) is 0 Å². The minimum Gasteiger partial charge on any atom is -0.399 e. The average Bonchev–Trinajstić information content (AvgIpc) is 2.89. The fourth-order valence-corrected chi connectivity index (χ4v) is 2.47. The Morgan fingerprint density at radius 2 is 1.90 bits per heavy atom. The molecule has 1 aliphatic rings. The number of nitrogens with one attached hydrogen (secondary N) is 1. The van der Waals surface area contributed by atoms with Crippen molar-refractivity contribution in [1.29, 1.82) is 0 Å². The number of halogens is 1. The third-order valence-corrected chi connectivity index (χ3v) is 3.55. The van der Waals surface area contributed by atoms with E-state index in [1.165, 1.54) is 25.9 Å². The Bertz CT molecular complexity index is 416. The molecule has 0 aliphatic carbocycles. The predicted molar refractivity (Wildman–Crippen MR) is 85.3 cm³/mol. The Morgan fingerprint density at radius 1 is 1.30 bits per heavy atom. The number of likely N-dealkylation sites (tertiary alicyclic amines) is 1. The zero-order chi connectivity index (χ0) is 13.7. The fourth-order valence-electron chi connectivity index (χ4n) is 2.47. The Balaban J connectivity index is 0.00000200. The smallest absolute Gasteiger partial charge is 0.251 e. The Kier molecular flexibility index (Phi) is 6.82. The van der Waals surface area contributed by atoms with Crippen LogP contribution in [0, 0.1) is 5.92 Å². The molecule has 0 aromatic heterocycles. The Morgan fingerprint density at radius 3 is 2.50 bits per heavy atom. The summed E-state index contributed by atoms with van der Waals surface area (Å²) in [7, 11) is 0. The maximum Gasteiger partial charge on any atom is 0.251 e. The lowest BCUT2D eigenvalue weighted by atomic mass is 10.1. The van der Waals surface area contributed by atoms with Crippen molar-refractivity contribution in [3.8, 4) is 0 Å². The van der Waals surface area contributed by atoms with E-state index >= 15 is 0 Å². The van der Waals surface area contributed by atoms with Crippen LogP contribution >= 0.6 is 12.4 Å². The van der Waals surface area contributed by atoms with Crippen LogP contribution in [-0.2, 0) is 0 Å². The van der Waals surface area contributed by atoms with Crippen LogP contribution in [-0.4, -0.2) is 37.0 Å². The number of carbonyl (C=O) groups excluding carboxylic acids is 1. The summed E-state index contributed by atoms with van der Waals surface area (Å²) in [5.74, 6) is 0.462. The number of amides is 1. The largest absolute Gasteiger partial charge is 0.399 e. The molecule has 1 amide bonds. The van der Waals surface area contributed by atoms with Crippen molar-refractivity contribution in [3.05, 3.63) is 29.8 Å². The van der Waals surface area contributed by atoms with E-state index in [0.717, 1.165) is 13.1 Å². The number of benzene rings is 1. The summed E-state index contributed by atoms with van der Waals surface area (Å²) >= 11 is 0. The molecule has 0 bridgehead atoms. The highest BCUT2D eigenvalue weighted by atomic mass is 35.5. The SMILES string of the molecule is CC(CNC(=O)c1ccc(N)cc1)CN1CCCC1.Cl. The van der Waals surface area contributed by atoms with Gasteiger partial charge in [-0.1, -0.05) is 6.92 Å². The second-order valence-electron chi connectivity index (χ2n) is 5.44. The van der Waals surface area contributed by atoms with E-state index in [1.54, 1.807) is 24.3 Å². The molecule has 1 heterocycles. The Labute approximate surface area is 127 Å². The topological polar surface area (TPSA) is 58.4 Å². The van der Waals surface area contributed by atoms with E-state index in [2.05, 4.69) is 17.1 Å². The van der Waals surface area contributed by atoms with Crippen molar-refractivity contribution in [2.24, 2.45) is 5.92 Å². The first-order chi connectivity index (χ1) is 9.15. The summed E-state index contributed by atoms with van der Waals surface area (Å²) in [6, 6.07) is 7.02. The first-order valence-electron chi connectivity index (χ1n) is 7.01. The van der Waals surface area contributed by atoms with E-state index in [4.69, 9.17) is 5.73 Å². The molecule has 1 unspecified atom stereocenters. The van der Waals surface area contributed by atoms with Gasteiger partial charge >= 0.3 is 0 Å². The molecule has 1 atom stereocenters. The second kappa shape index (κ2) is 8.12. The van der Waals surface area contributed by atoms with Gasteiger partial charge in [-0.25, -0.2) is 0 Å². The Hall–Kier alpha value is -1.26. The van der Waals surface area contributed by atoms with E-state index in [0.29, 0.717) is 17.2 Å². The molecular weight excluding hydrogens is 274 g/mol. The van der Waals surface area contributed by atoms with Crippen molar-refractivity contribution < 1.29 is 4.79 Å². The van der Waals surface area contributed by atoms with Gasteiger partial charge < -0.3 is 16.0 Å². The van der Waals surface area contributed by atoms with Crippen LogP contribution < -0.4 is 11.1 Å². The lowest BCUT2D eigenvalue weighted by Crippen LogP contribution is -2.34. The van der Waals surface area contributed by atoms with Gasteiger partial charge in [0, 0.05) is 24.3 Å². The van der Waals surface area contributed by atoms with E-state index in [-0.39, 0.29) is 18.3 Å². The maximum absolute atomic E-state index is 11.9. The third kappa shape index (κ3) is 5.02. The van der Waals surface area contributed by atoms with Crippen LogP contribution in [0.25, 0.3) is 0 Å². The van der Waals surface area contributed by atoms with Crippen molar-refractivity contribution in [2.75, 3.05) is 31.9 Å². The van der Waals surface area contributed by atoms with Crippen molar-refractivity contribution in [2.45, 2.75) is 19.8 Å². The van der Waals surface area contributed by atoms with Crippen molar-refractivity contribution in [1.82, 2.24) is 10.2 Å². The lowest BCUT2D eigenvalue weighted by molar-refractivity contribution is 0.0945. The highest BCUT2D eigenvalue weighted by Crippen LogP contribution is 2.10. The molecule has 3 N–H and O–H groups in total. The van der Waals surface area contributed by atoms with Crippen molar-refractivity contribution >= 4 is 24.0 Å². The van der Waals surface area contributed by atoms with Gasteiger partial charge in [-0.2, -0.15) is 0 Å². The van der Waals surface area contributed by atoms with Gasteiger partial charge in [-0.15, -0.1) is 12.4 Å². The maximum atomic E-state index is 11.9. The zero-order valence-corrected chi connectivity index (χ0v) is 12.8. The zero-order valence-electron chi connectivity index (χ0n) is 12.0. The molecule has 1 fully saturated rings. The summed E-state index contributed by atoms with van der Waals surface area (Å²) in [6.45, 7) is 6.38. The lowest BCUT2D eigenvalue weighted by Gasteiger charge is -2.20. The molecular formula is C15H24ClN3O. The number of anilines is 1. The van der Waals surface area contributed by atoms with E-state index < -0.39 is 0 Å². The first-order valence-corrected chi connectivity index (χ1v) is 7.01. The van der Waals surface area contributed by atoms with Crippen LogP contribution in [0.5, 0.6) is 0 Å². The molecule has 0 saturated carbocycles. The van der Waals surface area contributed by atoms with Gasteiger partial charge in [-0.3, -0.25) is 4.79 Å². The molecule has 1 aromatic carbocycles. The van der Waals surface area contributed by atoms with Crippen molar-refractivity contribution in [3.63, 3.8) is 0 Å². The number of nitrogens with two attached hydrogens (primary N) is 1. The fraction of sp³-hybridized carbons (Fsp3) is 0.533. The van der Waals surface area contributed by atoms with Gasteiger partial charge in [0.25, 0.3) is 5.91 Å². The minimum atomic E-state index is -0.0201. The molecule has 0 spiro atoms. The quantitative estimate of drug-likeness (QED) is 0.819. The van der Waals surface area contributed by atoms with Gasteiger partial charge in [-0.05, 0) is 56.1 Å². The summed E-state index contributed by atoms with van der Waals surface area (Å²) in [4.78, 5) is 14.4. The van der Waals surface area contributed by atoms with Gasteiger partial charge in [0.15, 0.2) is 0 Å². The second-order valence-corrected chi connectivity index (χ2v) is 5.44. The first kappa shape index (κ1) is 16.8. The van der Waals surface area contributed by atoms with E-state index in [9.17, 15) is 4.79 Å². The van der Waals surface area contributed by atoms with Crippen LogP contribution in [0.15, 0.2) is 24.3 Å². The highest BCUT2D eigenvalue weighted by molar-refractivity contribution is 5.94. The molecule has 2 rings (SSSR count). The molecule has 1 saturated heterocycles. The molecule has 0 radical (unpaired) electrons. The molecule has 1 aromatic rings. The normalized spacial score (nSPS) is 16.4. The summed E-state index contributed by atoms with van der Waals surface area (Å²) in [5, 5.41) is 2.99. The average molecular weight is 298 g/mol. The highest BCUT2D eigenvalue weighted by Gasteiger charge is 2.15. The predicted octanol–water partition coefficient (Wildman–Crippen LogP) is 2.15.